The lowest BCUT2D eigenvalue weighted by Gasteiger charge is -2.15. The van der Waals surface area contributed by atoms with Gasteiger partial charge in [-0.25, -0.2) is 0 Å². The molecule has 0 aliphatic rings. The molecule has 1 aromatic carbocycles. The molecule has 0 aliphatic carbocycles. The Morgan fingerprint density at radius 2 is 2.14 bits per heavy atom. The molecule has 0 saturated heterocycles. The van der Waals surface area contributed by atoms with Crippen LogP contribution in [0.1, 0.15) is 37.6 Å². The molecule has 0 fully saturated rings. The third-order valence-corrected chi connectivity index (χ3v) is 4.00. The minimum atomic E-state index is 0.142. The smallest absolute Gasteiger partial charge is 0.0640 e. The Balaban J connectivity index is 2.00. The molecule has 0 radical (unpaired) electrons. The Morgan fingerprint density at radius 1 is 1.33 bits per heavy atom. The van der Waals surface area contributed by atoms with Crippen LogP contribution in [0.15, 0.2) is 36.5 Å². The fourth-order valence-corrected chi connectivity index (χ4v) is 2.52. The van der Waals surface area contributed by atoms with Crippen molar-refractivity contribution < 1.29 is 0 Å². The maximum absolute atomic E-state index is 6.02. The number of hydrogen-bond donors (Lipinski definition) is 2. The second kappa shape index (κ2) is 7.59. The van der Waals surface area contributed by atoms with Gasteiger partial charge in [0.1, 0.15) is 0 Å². The number of hydrazine groups is 1. The molecule has 114 valence electrons. The van der Waals surface area contributed by atoms with E-state index in [-0.39, 0.29) is 6.04 Å². The molecular weight excluding hydrogens is 284 g/mol. The number of nitrogens with one attached hydrogen (secondary N) is 1. The molecule has 1 heterocycles. The second-order valence-corrected chi connectivity index (χ2v) is 5.88. The summed E-state index contributed by atoms with van der Waals surface area (Å²) in [6, 6.07) is 10.5. The van der Waals surface area contributed by atoms with Gasteiger partial charge in [-0.15, -0.1) is 0 Å². The zero-order valence-electron chi connectivity index (χ0n) is 12.6. The van der Waals surface area contributed by atoms with E-state index in [0.29, 0.717) is 6.04 Å². The molecule has 0 saturated carbocycles. The lowest BCUT2D eigenvalue weighted by molar-refractivity contribution is 0.464. The quantitative estimate of drug-likeness (QED) is 0.610. The first-order valence-corrected chi connectivity index (χ1v) is 7.74. The van der Waals surface area contributed by atoms with Gasteiger partial charge in [0.2, 0.25) is 0 Å². The van der Waals surface area contributed by atoms with Crippen molar-refractivity contribution in [2.24, 2.45) is 5.84 Å². The van der Waals surface area contributed by atoms with Crippen LogP contribution in [-0.4, -0.2) is 15.8 Å². The van der Waals surface area contributed by atoms with Crippen molar-refractivity contribution in [1.82, 2.24) is 15.2 Å². The predicted molar refractivity (Wildman–Crippen MR) is 87.2 cm³/mol. The first kappa shape index (κ1) is 16.0. The van der Waals surface area contributed by atoms with Crippen LogP contribution in [0.5, 0.6) is 0 Å². The van der Waals surface area contributed by atoms with E-state index < -0.39 is 0 Å². The number of nitrogens with two attached hydrogens (primary N) is 1. The van der Waals surface area contributed by atoms with E-state index in [9.17, 15) is 0 Å². The maximum Gasteiger partial charge on any atom is 0.0640 e. The monoisotopic (exact) mass is 306 g/mol. The van der Waals surface area contributed by atoms with Gasteiger partial charge in [0.25, 0.3) is 0 Å². The van der Waals surface area contributed by atoms with E-state index in [1.165, 1.54) is 5.56 Å². The Labute approximate surface area is 131 Å². The van der Waals surface area contributed by atoms with Crippen LogP contribution in [0.2, 0.25) is 5.02 Å². The number of benzene rings is 1. The summed E-state index contributed by atoms with van der Waals surface area (Å²) < 4.78 is 2.02. The average Bonchev–Trinajstić information content (AvgIpc) is 2.94. The van der Waals surface area contributed by atoms with Gasteiger partial charge in [-0.1, -0.05) is 30.7 Å². The van der Waals surface area contributed by atoms with E-state index in [1.54, 1.807) is 0 Å². The lowest BCUT2D eigenvalue weighted by Crippen LogP contribution is -2.38. The van der Waals surface area contributed by atoms with Crippen LogP contribution in [-0.2, 0) is 12.8 Å². The third-order valence-electron chi connectivity index (χ3n) is 3.77. The summed E-state index contributed by atoms with van der Waals surface area (Å²) in [5.74, 6) is 5.68. The Morgan fingerprint density at radius 3 is 2.81 bits per heavy atom. The average molecular weight is 307 g/mol. The van der Waals surface area contributed by atoms with Crippen LogP contribution in [0.25, 0.3) is 0 Å². The number of rotatable bonds is 7. The molecule has 2 unspecified atom stereocenters. The van der Waals surface area contributed by atoms with Crippen molar-refractivity contribution in [3.63, 3.8) is 0 Å². The number of aromatic nitrogens is 2. The summed E-state index contributed by atoms with van der Waals surface area (Å²) in [5, 5.41) is 5.38. The number of nitrogens with zero attached hydrogens (tertiary/aromatic N) is 2. The minimum Gasteiger partial charge on any atom is -0.271 e. The van der Waals surface area contributed by atoms with Crippen molar-refractivity contribution in [3.8, 4) is 0 Å². The van der Waals surface area contributed by atoms with Gasteiger partial charge in [0.05, 0.1) is 5.69 Å². The lowest BCUT2D eigenvalue weighted by atomic mass is 10.0. The topological polar surface area (TPSA) is 55.9 Å². The first-order chi connectivity index (χ1) is 10.1. The predicted octanol–water partition coefficient (Wildman–Crippen LogP) is 3.12. The van der Waals surface area contributed by atoms with Gasteiger partial charge in [-0.3, -0.25) is 16.0 Å². The molecule has 1 aromatic heterocycles. The fourth-order valence-electron chi connectivity index (χ4n) is 2.31. The largest absolute Gasteiger partial charge is 0.271 e. The van der Waals surface area contributed by atoms with Crippen LogP contribution in [0, 0.1) is 0 Å². The molecule has 2 aromatic rings. The van der Waals surface area contributed by atoms with Gasteiger partial charge in [0, 0.05) is 29.7 Å². The zero-order valence-corrected chi connectivity index (χ0v) is 13.3. The van der Waals surface area contributed by atoms with Gasteiger partial charge in [-0.05, 0) is 43.5 Å². The summed E-state index contributed by atoms with van der Waals surface area (Å²) in [6.07, 6.45) is 4.73. The SMILES string of the molecule is CCC(C)n1ccc(CC(Cc2cccc(Cl)c2)NN)n1. The van der Waals surface area contributed by atoms with Crippen molar-refractivity contribution in [3.05, 3.63) is 52.8 Å². The standard InChI is InChI=1S/C16H23ClN4/c1-3-12(2)21-8-7-15(20-21)11-16(19-18)10-13-5-4-6-14(17)9-13/h4-9,12,16,19H,3,10-11,18H2,1-2H3. The molecular formula is C16H23ClN4. The highest BCUT2D eigenvalue weighted by atomic mass is 35.5. The van der Waals surface area contributed by atoms with Crippen LogP contribution < -0.4 is 11.3 Å². The highest BCUT2D eigenvalue weighted by molar-refractivity contribution is 6.30. The number of halogens is 1. The van der Waals surface area contributed by atoms with Crippen molar-refractivity contribution in [2.75, 3.05) is 0 Å². The van der Waals surface area contributed by atoms with E-state index in [0.717, 1.165) is 30.0 Å². The molecule has 3 N–H and O–H groups in total. The van der Waals surface area contributed by atoms with E-state index in [2.05, 4.69) is 36.5 Å². The maximum atomic E-state index is 6.02. The highest BCUT2D eigenvalue weighted by Crippen LogP contribution is 2.14. The summed E-state index contributed by atoms with van der Waals surface area (Å²) in [7, 11) is 0. The van der Waals surface area contributed by atoms with Gasteiger partial charge >= 0.3 is 0 Å². The first-order valence-electron chi connectivity index (χ1n) is 7.37. The summed E-state index contributed by atoms with van der Waals surface area (Å²) in [6.45, 7) is 4.33. The molecule has 0 spiro atoms. The van der Waals surface area contributed by atoms with E-state index in [4.69, 9.17) is 17.4 Å². The summed E-state index contributed by atoms with van der Waals surface area (Å²) in [4.78, 5) is 0. The summed E-state index contributed by atoms with van der Waals surface area (Å²) in [5.41, 5.74) is 5.11. The van der Waals surface area contributed by atoms with Crippen LogP contribution in [0.3, 0.4) is 0 Å². The molecule has 4 nitrogen and oxygen atoms in total. The van der Waals surface area contributed by atoms with E-state index in [1.807, 2.05) is 29.1 Å². The molecule has 2 atom stereocenters. The van der Waals surface area contributed by atoms with Crippen LogP contribution in [0.4, 0.5) is 0 Å². The molecule has 5 heteroatoms. The fraction of sp³-hybridized carbons (Fsp3) is 0.438. The van der Waals surface area contributed by atoms with Crippen molar-refractivity contribution in [1.29, 1.82) is 0 Å². The second-order valence-electron chi connectivity index (χ2n) is 5.45. The molecule has 0 amide bonds. The molecule has 0 aliphatic heterocycles. The summed E-state index contributed by atoms with van der Waals surface area (Å²) >= 11 is 6.02. The normalized spacial score (nSPS) is 14.1. The Hall–Kier alpha value is -1.36. The molecule has 21 heavy (non-hydrogen) atoms. The van der Waals surface area contributed by atoms with Crippen LogP contribution >= 0.6 is 11.6 Å². The van der Waals surface area contributed by atoms with Gasteiger partial charge in [0.15, 0.2) is 0 Å². The molecule has 0 bridgehead atoms. The third kappa shape index (κ3) is 4.56. The Kier molecular flexibility index (Phi) is 5.79. The Bertz CT molecular complexity index is 567. The highest BCUT2D eigenvalue weighted by Gasteiger charge is 2.12. The van der Waals surface area contributed by atoms with Gasteiger partial charge < -0.3 is 0 Å². The zero-order chi connectivity index (χ0) is 15.2. The van der Waals surface area contributed by atoms with E-state index >= 15 is 0 Å². The minimum absolute atomic E-state index is 0.142. The number of hydrogen-bond acceptors (Lipinski definition) is 3. The van der Waals surface area contributed by atoms with Crippen molar-refractivity contribution in [2.45, 2.75) is 45.2 Å². The van der Waals surface area contributed by atoms with Crippen molar-refractivity contribution >= 4 is 11.6 Å². The van der Waals surface area contributed by atoms with Gasteiger partial charge in [-0.2, -0.15) is 5.10 Å². The molecule has 2 rings (SSSR count).